The number of amides is 1. The highest BCUT2D eigenvalue weighted by Crippen LogP contribution is 2.20. The first-order chi connectivity index (χ1) is 12.5. The van der Waals surface area contributed by atoms with E-state index in [-0.39, 0.29) is 28.3 Å². The molecule has 0 aliphatic rings. The van der Waals surface area contributed by atoms with Crippen LogP contribution in [0.5, 0.6) is 5.88 Å². The Hall–Kier alpha value is -3.42. The second kappa shape index (κ2) is 8.61. The van der Waals surface area contributed by atoms with Gasteiger partial charge in [0.2, 0.25) is 5.88 Å². The van der Waals surface area contributed by atoms with Crippen LogP contribution < -0.4 is 10.1 Å². The van der Waals surface area contributed by atoms with Crippen molar-refractivity contribution >= 4 is 23.5 Å². The summed E-state index contributed by atoms with van der Waals surface area (Å²) in [5, 5.41) is 2.62. The molecule has 0 saturated carbocycles. The molecule has 0 fully saturated rings. The maximum absolute atomic E-state index is 12.5. The third-order valence-electron chi connectivity index (χ3n) is 3.33. The van der Waals surface area contributed by atoms with E-state index in [4.69, 9.17) is 4.74 Å². The molecule has 0 aliphatic carbocycles. The number of hydrogen-bond donors (Lipinski definition) is 1. The van der Waals surface area contributed by atoms with Crippen LogP contribution in [0.3, 0.4) is 0 Å². The highest BCUT2D eigenvalue weighted by atomic mass is 16.5. The van der Waals surface area contributed by atoms with Gasteiger partial charge in [-0.1, -0.05) is 0 Å². The minimum Gasteiger partial charge on any atom is -0.477 e. The molecule has 26 heavy (non-hydrogen) atoms. The molecular weight excluding hydrogens is 340 g/mol. The van der Waals surface area contributed by atoms with Crippen LogP contribution in [0.2, 0.25) is 0 Å². The molecule has 1 amide bonds. The van der Waals surface area contributed by atoms with Gasteiger partial charge < -0.3 is 19.5 Å². The largest absolute Gasteiger partial charge is 0.477 e. The molecule has 0 atom stereocenters. The zero-order chi connectivity index (χ0) is 19.1. The van der Waals surface area contributed by atoms with E-state index >= 15 is 0 Å². The molecule has 0 unspecified atom stereocenters. The lowest BCUT2D eigenvalue weighted by atomic mass is 10.1. The topological polar surface area (TPSA) is 104 Å². The summed E-state index contributed by atoms with van der Waals surface area (Å²) < 4.78 is 14.7. The number of esters is 2. The number of nitrogens with one attached hydrogen (secondary N) is 1. The van der Waals surface area contributed by atoms with Gasteiger partial charge in [-0.05, 0) is 37.3 Å². The SMILES string of the molecule is CCOc1ncccc1C(=O)Nc1cc(C(=O)OC)cc(C(=O)OC)c1. The summed E-state index contributed by atoms with van der Waals surface area (Å²) in [5.74, 6) is -1.62. The Labute approximate surface area is 150 Å². The van der Waals surface area contributed by atoms with Gasteiger partial charge in [0.1, 0.15) is 5.56 Å². The van der Waals surface area contributed by atoms with Crippen molar-refractivity contribution < 1.29 is 28.6 Å². The molecule has 2 rings (SSSR count). The number of ether oxygens (including phenoxy) is 3. The number of carbonyl (C=O) groups is 3. The number of benzene rings is 1. The zero-order valence-corrected chi connectivity index (χ0v) is 14.6. The molecule has 8 nitrogen and oxygen atoms in total. The van der Waals surface area contributed by atoms with E-state index in [1.165, 1.54) is 38.6 Å². The maximum atomic E-state index is 12.5. The van der Waals surface area contributed by atoms with Crippen LogP contribution in [0.4, 0.5) is 5.69 Å². The van der Waals surface area contributed by atoms with Crippen molar-refractivity contribution in [3.63, 3.8) is 0 Å². The predicted molar refractivity (Wildman–Crippen MR) is 92.5 cm³/mol. The van der Waals surface area contributed by atoms with Gasteiger partial charge in [0, 0.05) is 11.9 Å². The number of anilines is 1. The van der Waals surface area contributed by atoms with Crippen LogP contribution in [-0.4, -0.2) is 43.7 Å². The number of hydrogen-bond acceptors (Lipinski definition) is 7. The molecule has 0 bridgehead atoms. The Morgan fingerprint density at radius 3 is 2.19 bits per heavy atom. The first-order valence-electron chi connectivity index (χ1n) is 7.71. The van der Waals surface area contributed by atoms with Crippen molar-refractivity contribution in [2.45, 2.75) is 6.92 Å². The van der Waals surface area contributed by atoms with E-state index in [9.17, 15) is 14.4 Å². The molecule has 0 spiro atoms. The average Bonchev–Trinajstić information content (AvgIpc) is 2.67. The van der Waals surface area contributed by atoms with Crippen molar-refractivity contribution in [1.29, 1.82) is 0 Å². The first-order valence-corrected chi connectivity index (χ1v) is 7.71. The predicted octanol–water partition coefficient (Wildman–Crippen LogP) is 2.31. The molecule has 1 aromatic carbocycles. The van der Waals surface area contributed by atoms with E-state index in [1.54, 1.807) is 19.1 Å². The van der Waals surface area contributed by atoms with Gasteiger partial charge in [-0.2, -0.15) is 0 Å². The Kier molecular flexibility index (Phi) is 6.26. The lowest BCUT2D eigenvalue weighted by Gasteiger charge is -2.11. The number of rotatable bonds is 6. The van der Waals surface area contributed by atoms with Crippen molar-refractivity contribution in [3.05, 3.63) is 53.2 Å². The Morgan fingerprint density at radius 1 is 1.04 bits per heavy atom. The van der Waals surface area contributed by atoms with Gasteiger partial charge >= 0.3 is 11.9 Å². The third-order valence-corrected chi connectivity index (χ3v) is 3.33. The summed E-state index contributed by atoms with van der Waals surface area (Å²) in [6.07, 6.45) is 1.51. The average molecular weight is 358 g/mol. The second-order valence-corrected chi connectivity index (χ2v) is 5.03. The number of methoxy groups -OCH3 is 2. The number of pyridine rings is 1. The van der Waals surface area contributed by atoms with Gasteiger partial charge in [-0.25, -0.2) is 14.6 Å². The lowest BCUT2D eigenvalue weighted by Crippen LogP contribution is -2.16. The standard InChI is InChI=1S/C18H18N2O6/c1-4-26-16-14(6-5-7-19-16)15(21)20-13-9-11(17(22)24-2)8-12(10-13)18(23)25-3/h5-10H,4H2,1-3H3,(H,20,21). The quantitative estimate of drug-likeness (QED) is 0.790. The fourth-order valence-electron chi connectivity index (χ4n) is 2.18. The van der Waals surface area contributed by atoms with Gasteiger partial charge in [0.05, 0.1) is 32.0 Å². The highest BCUT2D eigenvalue weighted by molar-refractivity contribution is 6.07. The highest BCUT2D eigenvalue weighted by Gasteiger charge is 2.17. The van der Waals surface area contributed by atoms with E-state index in [2.05, 4.69) is 19.8 Å². The number of aromatic nitrogens is 1. The summed E-state index contributed by atoms with van der Waals surface area (Å²) in [7, 11) is 2.44. The van der Waals surface area contributed by atoms with Crippen LogP contribution in [0.1, 0.15) is 38.0 Å². The molecule has 0 saturated heterocycles. The molecule has 0 radical (unpaired) electrons. The molecule has 1 aromatic heterocycles. The minimum absolute atomic E-state index is 0.0990. The van der Waals surface area contributed by atoms with E-state index in [1.807, 2.05) is 0 Å². The maximum Gasteiger partial charge on any atom is 0.337 e. The summed E-state index contributed by atoms with van der Waals surface area (Å²) in [6, 6.07) is 7.27. The Morgan fingerprint density at radius 2 is 1.65 bits per heavy atom. The van der Waals surface area contributed by atoms with Crippen molar-refractivity contribution in [3.8, 4) is 5.88 Å². The van der Waals surface area contributed by atoms with E-state index in [0.717, 1.165) is 0 Å². The fraction of sp³-hybridized carbons (Fsp3) is 0.222. The van der Waals surface area contributed by atoms with Crippen molar-refractivity contribution in [2.24, 2.45) is 0 Å². The summed E-state index contributed by atoms with van der Waals surface area (Å²) in [6.45, 7) is 2.13. The fourth-order valence-corrected chi connectivity index (χ4v) is 2.18. The van der Waals surface area contributed by atoms with Gasteiger partial charge in [-0.15, -0.1) is 0 Å². The molecule has 2 aromatic rings. The van der Waals surface area contributed by atoms with Crippen molar-refractivity contribution in [2.75, 3.05) is 26.1 Å². The molecule has 8 heteroatoms. The molecular formula is C18H18N2O6. The molecule has 1 N–H and O–H groups in total. The smallest absolute Gasteiger partial charge is 0.337 e. The van der Waals surface area contributed by atoms with Gasteiger partial charge in [0.25, 0.3) is 5.91 Å². The van der Waals surface area contributed by atoms with Crippen molar-refractivity contribution in [1.82, 2.24) is 4.98 Å². The summed E-state index contributed by atoms with van der Waals surface area (Å²) >= 11 is 0. The summed E-state index contributed by atoms with van der Waals surface area (Å²) in [4.78, 5) is 40.2. The molecule has 1 heterocycles. The minimum atomic E-state index is -0.650. The van der Waals surface area contributed by atoms with E-state index < -0.39 is 17.8 Å². The normalized spacial score (nSPS) is 9.96. The number of carbonyl (C=O) groups excluding carboxylic acids is 3. The third kappa shape index (κ3) is 4.35. The van der Waals surface area contributed by atoms with E-state index in [0.29, 0.717) is 6.61 Å². The second-order valence-electron chi connectivity index (χ2n) is 5.03. The Balaban J connectivity index is 2.37. The van der Waals surface area contributed by atoms with Crippen LogP contribution in [0, 0.1) is 0 Å². The van der Waals surface area contributed by atoms with Crippen LogP contribution in [-0.2, 0) is 9.47 Å². The van der Waals surface area contributed by atoms with Crippen LogP contribution in [0.15, 0.2) is 36.5 Å². The van der Waals surface area contributed by atoms with Crippen LogP contribution in [0.25, 0.3) is 0 Å². The summed E-state index contributed by atoms with van der Waals surface area (Å²) in [5.41, 5.74) is 0.644. The first kappa shape index (κ1) is 18.9. The monoisotopic (exact) mass is 358 g/mol. The van der Waals surface area contributed by atoms with Gasteiger partial charge in [-0.3, -0.25) is 4.79 Å². The zero-order valence-electron chi connectivity index (χ0n) is 14.6. The molecule has 0 aliphatic heterocycles. The van der Waals surface area contributed by atoms with Crippen LogP contribution >= 0.6 is 0 Å². The number of nitrogens with zero attached hydrogens (tertiary/aromatic N) is 1. The lowest BCUT2D eigenvalue weighted by molar-refractivity contribution is 0.0599. The van der Waals surface area contributed by atoms with Gasteiger partial charge in [0.15, 0.2) is 0 Å². The molecule has 136 valence electrons. The Bertz CT molecular complexity index is 800.